The van der Waals surface area contributed by atoms with Gasteiger partial charge in [0.15, 0.2) is 5.96 Å². The lowest BCUT2D eigenvalue weighted by Crippen LogP contribution is -2.39. The molecular formula is C26H36IN5O. The predicted molar refractivity (Wildman–Crippen MR) is 146 cm³/mol. The normalized spacial score (nSPS) is 16.2. The van der Waals surface area contributed by atoms with E-state index >= 15 is 0 Å². The van der Waals surface area contributed by atoms with Crippen LogP contribution in [0, 0.1) is 0 Å². The third kappa shape index (κ3) is 6.62. The molecule has 4 rings (SSSR count). The highest BCUT2D eigenvalue weighted by atomic mass is 127. The number of rotatable bonds is 7. The van der Waals surface area contributed by atoms with Crippen molar-refractivity contribution in [3.63, 3.8) is 0 Å². The molecular weight excluding hydrogens is 525 g/mol. The predicted octanol–water partition coefficient (Wildman–Crippen LogP) is 4.45. The minimum Gasteiger partial charge on any atom is -0.372 e. The van der Waals surface area contributed by atoms with Gasteiger partial charge in [-0.25, -0.2) is 0 Å². The summed E-state index contributed by atoms with van der Waals surface area (Å²) in [7, 11) is 1.79. The Morgan fingerprint density at radius 2 is 1.76 bits per heavy atom. The van der Waals surface area contributed by atoms with Crippen molar-refractivity contribution in [1.82, 2.24) is 15.5 Å². The van der Waals surface area contributed by atoms with E-state index in [1.165, 1.54) is 35.2 Å². The number of carbonyl (C=O) groups is 1. The van der Waals surface area contributed by atoms with Crippen LogP contribution in [0.4, 0.5) is 5.69 Å². The number of anilines is 1. The smallest absolute Gasteiger partial charge is 0.223 e. The molecule has 2 N–H and O–H groups in total. The second kappa shape index (κ2) is 12.3. The summed E-state index contributed by atoms with van der Waals surface area (Å²) >= 11 is 0. The van der Waals surface area contributed by atoms with E-state index in [2.05, 4.69) is 63.8 Å². The van der Waals surface area contributed by atoms with E-state index in [0.717, 1.165) is 38.6 Å². The van der Waals surface area contributed by atoms with Gasteiger partial charge in [0.05, 0.1) is 6.04 Å². The van der Waals surface area contributed by atoms with Gasteiger partial charge in [0.1, 0.15) is 0 Å². The summed E-state index contributed by atoms with van der Waals surface area (Å²) in [6.07, 6.45) is 3.89. The van der Waals surface area contributed by atoms with E-state index in [-0.39, 0.29) is 35.9 Å². The van der Waals surface area contributed by atoms with Crippen LogP contribution >= 0.6 is 24.0 Å². The molecule has 2 aliphatic rings. The number of hydrogen-bond donors (Lipinski definition) is 2. The van der Waals surface area contributed by atoms with Crippen molar-refractivity contribution >= 4 is 41.5 Å². The average Bonchev–Trinajstić information content (AvgIpc) is 3.51. The van der Waals surface area contributed by atoms with Gasteiger partial charge < -0.3 is 20.4 Å². The zero-order valence-electron chi connectivity index (χ0n) is 19.7. The van der Waals surface area contributed by atoms with Crippen molar-refractivity contribution in [2.75, 3.05) is 31.6 Å². The maximum Gasteiger partial charge on any atom is 0.223 e. The lowest BCUT2D eigenvalue weighted by Gasteiger charge is -2.22. The zero-order chi connectivity index (χ0) is 22.3. The van der Waals surface area contributed by atoms with Gasteiger partial charge in [0, 0.05) is 51.9 Å². The first-order chi connectivity index (χ1) is 15.6. The van der Waals surface area contributed by atoms with E-state index in [9.17, 15) is 4.79 Å². The van der Waals surface area contributed by atoms with Crippen LogP contribution in [0.2, 0.25) is 0 Å². The number of hydrogen-bond acceptors (Lipinski definition) is 3. The molecule has 1 fully saturated rings. The van der Waals surface area contributed by atoms with Crippen molar-refractivity contribution < 1.29 is 4.79 Å². The Morgan fingerprint density at radius 1 is 1.06 bits per heavy atom. The Hall–Kier alpha value is -2.29. The fraction of sp³-hybridized carbons (Fsp3) is 0.462. The molecule has 1 saturated heterocycles. The Bertz CT molecular complexity index is 932. The van der Waals surface area contributed by atoms with Gasteiger partial charge in [-0.2, -0.15) is 0 Å². The molecule has 2 heterocycles. The quantitative estimate of drug-likeness (QED) is 0.227. The molecule has 1 atom stereocenters. The molecule has 0 radical (unpaired) electrons. The molecule has 2 aliphatic heterocycles. The number of fused-ring (bicyclic) bond motifs is 1. The topological polar surface area (TPSA) is 60.0 Å². The molecule has 0 spiro atoms. The number of carbonyl (C=O) groups excluding carboxylic acids is 1. The molecule has 7 heteroatoms. The number of guanidine groups is 1. The monoisotopic (exact) mass is 561 g/mol. The summed E-state index contributed by atoms with van der Waals surface area (Å²) in [5.74, 6) is 0.989. The van der Waals surface area contributed by atoms with Crippen LogP contribution in [0.3, 0.4) is 0 Å². The maximum absolute atomic E-state index is 12.6. The van der Waals surface area contributed by atoms with Gasteiger partial charge in [-0.1, -0.05) is 36.4 Å². The van der Waals surface area contributed by atoms with Gasteiger partial charge >= 0.3 is 0 Å². The highest BCUT2D eigenvalue weighted by Crippen LogP contribution is 2.24. The SMILES string of the molecule is CN=C(NCCCC(=O)N1Cc2ccccc2C1)NC(C)c1cccc(N2CCCC2)c1.I. The van der Waals surface area contributed by atoms with Crippen LogP contribution < -0.4 is 15.5 Å². The summed E-state index contributed by atoms with van der Waals surface area (Å²) in [5.41, 5.74) is 5.10. The molecule has 1 unspecified atom stereocenters. The molecule has 2 aromatic carbocycles. The van der Waals surface area contributed by atoms with Crippen LogP contribution in [-0.4, -0.2) is 43.4 Å². The zero-order valence-corrected chi connectivity index (χ0v) is 22.0. The number of amides is 1. The number of nitrogens with zero attached hydrogens (tertiary/aromatic N) is 3. The van der Waals surface area contributed by atoms with E-state index in [4.69, 9.17) is 0 Å². The van der Waals surface area contributed by atoms with E-state index in [0.29, 0.717) is 13.0 Å². The van der Waals surface area contributed by atoms with Gasteiger partial charge in [-0.3, -0.25) is 9.79 Å². The first kappa shape index (κ1) is 25.3. The molecule has 0 aromatic heterocycles. The third-order valence-corrected chi connectivity index (χ3v) is 6.47. The fourth-order valence-corrected chi connectivity index (χ4v) is 4.56. The molecule has 2 aromatic rings. The summed E-state index contributed by atoms with van der Waals surface area (Å²) in [5, 5.41) is 6.84. The first-order valence-electron chi connectivity index (χ1n) is 11.8. The lowest BCUT2D eigenvalue weighted by atomic mass is 10.1. The maximum atomic E-state index is 12.6. The number of halogens is 1. The average molecular weight is 562 g/mol. The standard InChI is InChI=1S/C26H35N5O.HI/c1-20(21-11-7-12-24(17-21)30-15-5-6-16-30)29-26(27-2)28-14-8-13-25(32)31-18-22-9-3-4-10-23(22)19-31;/h3-4,7,9-12,17,20H,5-6,8,13-16,18-19H2,1-2H3,(H2,27,28,29);1H. The Morgan fingerprint density at radius 3 is 2.42 bits per heavy atom. The number of benzene rings is 2. The second-order valence-electron chi connectivity index (χ2n) is 8.78. The highest BCUT2D eigenvalue weighted by molar-refractivity contribution is 14.0. The minimum absolute atomic E-state index is 0. The van der Waals surface area contributed by atoms with E-state index in [1.54, 1.807) is 7.05 Å². The molecule has 178 valence electrons. The van der Waals surface area contributed by atoms with Gasteiger partial charge in [0.25, 0.3) is 0 Å². The summed E-state index contributed by atoms with van der Waals surface area (Å²) in [6, 6.07) is 17.2. The van der Waals surface area contributed by atoms with Gasteiger partial charge in [-0.05, 0) is 55.0 Å². The molecule has 33 heavy (non-hydrogen) atoms. The van der Waals surface area contributed by atoms with Crippen molar-refractivity contribution in [3.05, 3.63) is 65.2 Å². The number of nitrogens with one attached hydrogen (secondary N) is 2. The molecule has 0 aliphatic carbocycles. The van der Waals surface area contributed by atoms with Crippen molar-refractivity contribution in [2.45, 2.75) is 51.7 Å². The third-order valence-electron chi connectivity index (χ3n) is 6.47. The Kier molecular flexibility index (Phi) is 9.41. The van der Waals surface area contributed by atoms with Crippen LogP contribution in [0.25, 0.3) is 0 Å². The Balaban J connectivity index is 0.00000306. The van der Waals surface area contributed by atoms with Gasteiger partial charge in [-0.15, -0.1) is 24.0 Å². The summed E-state index contributed by atoms with van der Waals surface area (Å²) < 4.78 is 0. The first-order valence-corrected chi connectivity index (χ1v) is 11.8. The van der Waals surface area contributed by atoms with Crippen molar-refractivity contribution in [3.8, 4) is 0 Å². The van der Waals surface area contributed by atoms with E-state index < -0.39 is 0 Å². The van der Waals surface area contributed by atoms with Crippen LogP contribution in [-0.2, 0) is 17.9 Å². The number of aliphatic imine (C=N–C) groups is 1. The fourth-order valence-electron chi connectivity index (χ4n) is 4.56. The largest absolute Gasteiger partial charge is 0.372 e. The van der Waals surface area contributed by atoms with Crippen LogP contribution in [0.1, 0.15) is 55.3 Å². The van der Waals surface area contributed by atoms with Gasteiger partial charge in [0.2, 0.25) is 5.91 Å². The summed E-state index contributed by atoms with van der Waals surface area (Å²) in [4.78, 5) is 21.4. The molecule has 1 amide bonds. The minimum atomic E-state index is 0. The summed E-state index contributed by atoms with van der Waals surface area (Å²) in [6.45, 7) is 6.64. The molecule has 0 bridgehead atoms. The second-order valence-corrected chi connectivity index (χ2v) is 8.78. The van der Waals surface area contributed by atoms with Crippen LogP contribution in [0.15, 0.2) is 53.5 Å². The van der Waals surface area contributed by atoms with Crippen molar-refractivity contribution in [2.24, 2.45) is 4.99 Å². The molecule has 6 nitrogen and oxygen atoms in total. The van der Waals surface area contributed by atoms with E-state index in [1.807, 2.05) is 17.0 Å². The van der Waals surface area contributed by atoms with Crippen molar-refractivity contribution in [1.29, 1.82) is 0 Å². The Labute approximate surface area is 214 Å². The lowest BCUT2D eigenvalue weighted by molar-refractivity contribution is -0.131. The molecule has 0 saturated carbocycles. The highest BCUT2D eigenvalue weighted by Gasteiger charge is 2.22. The van der Waals surface area contributed by atoms with Crippen LogP contribution in [0.5, 0.6) is 0 Å².